The zero-order valence-corrected chi connectivity index (χ0v) is 16.9. The molecule has 0 aliphatic heterocycles. The molecule has 2 aromatic rings. The van der Waals surface area contributed by atoms with Gasteiger partial charge < -0.3 is 9.29 Å². The molecule has 0 bridgehead atoms. The average molecular weight is 467 g/mol. The molecule has 0 radical (unpaired) electrons. The summed E-state index contributed by atoms with van der Waals surface area (Å²) in [5.74, 6) is -2.14. The van der Waals surface area contributed by atoms with Crippen molar-refractivity contribution in [1.29, 1.82) is 0 Å². The summed E-state index contributed by atoms with van der Waals surface area (Å²) in [4.78, 5) is 11.6. The number of sulfonamides is 1. The van der Waals surface area contributed by atoms with Crippen molar-refractivity contribution >= 4 is 26.1 Å². The predicted octanol–water partition coefficient (Wildman–Crippen LogP) is 2.28. The Labute approximate surface area is 170 Å². The number of hydrogen-bond acceptors (Lipinski definition) is 6. The molecule has 164 valence electrons. The SMILES string of the molecule is C[C@@](Cc1ccc(OS(=O)(=O)C(F)(F)F)cc1)(NS(=O)(=O)c1ccccc1)C(=O)O. The third-order valence-electron chi connectivity index (χ3n) is 3.86. The molecule has 1 atom stereocenters. The second kappa shape index (κ2) is 8.24. The zero-order valence-electron chi connectivity index (χ0n) is 15.3. The van der Waals surface area contributed by atoms with E-state index in [1.165, 1.54) is 24.3 Å². The summed E-state index contributed by atoms with van der Waals surface area (Å²) in [6, 6.07) is 11.1. The van der Waals surface area contributed by atoms with Crippen LogP contribution in [0.5, 0.6) is 5.75 Å². The highest BCUT2D eigenvalue weighted by Gasteiger charge is 2.48. The van der Waals surface area contributed by atoms with Gasteiger partial charge in [0.25, 0.3) is 0 Å². The van der Waals surface area contributed by atoms with Gasteiger partial charge in [0, 0.05) is 6.42 Å². The van der Waals surface area contributed by atoms with Crippen molar-refractivity contribution in [2.45, 2.75) is 29.3 Å². The molecule has 0 heterocycles. The van der Waals surface area contributed by atoms with Crippen molar-refractivity contribution in [2.24, 2.45) is 0 Å². The van der Waals surface area contributed by atoms with Crippen molar-refractivity contribution in [3.63, 3.8) is 0 Å². The number of carboxylic acid groups (broad SMARTS) is 1. The number of benzene rings is 2. The molecule has 0 fully saturated rings. The maximum atomic E-state index is 12.5. The van der Waals surface area contributed by atoms with Crippen LogP contribution in [-0.4, -0.2) is 39.0 Å². The Morgan fingerprint density at radius 2 is 1.53 bits per heavy atom. The van der Waals surface area contributed by atoms with E-state index < -0.39 is 42.9 Å². The van der Waals surface area contributed by atoms with Gasteiger partial charge in [0.15, 0.2) is 0 Å². The number of rotatable bonds is 8. The van der Waals surface area contributed by atoms with E-state index >= 15 is 0 Å². The van der Waals surface area contributed by atoms with E-state index in [1.807, 2.05) is 0 Å². The molecule has 0 spiro atoms. The summed E-state index contributed by atoms with van der Waals surface area (Å²) in [6.07, 6.45) is -0.388. The minimum atomic E-state index is -5.85. The third kappa shape index (κ3) is 5.49. The lowest BCUT2D eigenvalue weighted by Crippen LogP contribution is -2.53. The van der Waals surface area contributed by atoms with Crippen LogP contribution in [0.25, 0.3) is 0 Å². The Morgan fingerprint density at radius 3 is 2.00 bits per heavy atom. The standard InChI is InChI=1S/C17H16F3NO7S2/c1-16(15(22)23,21-29(24,25)14-5-3-2-4-6-14)11-12-7-9-13(10-8-12)28-30(26,27)17(18,19)20/h2-10,21H,11H2,1H3,(H,22,23)/t16-/m0/s1. The first kappa shape index (κ1) is 23.6. The minimum absolute atomic E-state index is 0.154. The molecule has 0 unspecified atom stereocenters. The molecule has 0 aliphatic rings. The number of aliphatic carboxylic acids is 1. The summed E-state index contributed by atoms with van der Waals surface area (Å²) in [7, 11) is -10.0. The van der Waals surface area contributed by atoms with Crippen molar-refractivity contribution in [2.75, 3.05) is 0 Å². The molecule has 0 aromatic heterocycles. The van der Waals surface area contributed by atoms with Gasteiger partial charge in [-0.2, -0.15) is 26.3 Å². The molecular weight excluding hydrogens is 451 g/mol. The van der Waals surface area contributed by atoms with Gasteiger partial charge in [-0.05, 0) is 36.8 Å². The summed E-state index contributed by atoms with van der Waals surface area (Å²) in [5, 5.41) is 9.55. The normalized spacial score (nSPS) is 14.7. The van der Waals surface area contributed by atoms with Crippen LogP contribution in [0.15, 0.2) is 59.5 Å². The smallest absolute Gasteiger partial charge is 0.480 e. The molecule has 0 saturated carbocycles. The van der Waals surface area contributed by atoms with Crippen LogP contribution in [0.4, 0.5) is 13.2 Å². The fraction of sp³-hybridized carbons (Fsp3) is 0.235. The van der Waals surface area contributed by atoms with Crippen molar-refractivity contribution in [3.8, 4) is 5.75 Å². The van der Waals surface area contributed by atoms with Gasteiger partial charge in [0.1, 0.15) is 11.3 Å². The second-order valence-corrected chi connectivity index (χ2v) is 9.58. The Kier molecular flexibility index (Phi) is 6.49. The number of hydrogen-bond donors (Lipinski definition) is 2. The van der Waals surface area contributed by atoms with Gasteiger partial charge in [0.05, 0.1) is 4.90 Å². The van der Waals surface area contributed by atoms with Crippen molar-refractivity contribution in [3.05, 3.63) is 60.2 Å². The van der Waals surface area contributed by atoms with E-state index in [4.69, 9.17) is 0 Å². The number of halogens is 3. The van der Waals surface area contributed by atoms with Crippen LogP contribution in [0.2, 0.25) is 0 Å². The van der Waals surface area contributed by atoms with E-state index in [0.717, 1.165) is 31.2 Å². The molecule has 8 nitrogen and oxygen atoms in total. The lowest BCUT2D eigenvalue weighted by atomic mass is 9.94. The summed E-state index contributed by atoms with van der Waals surface area (Å²) < 4.78 is 90.1. The number of alkyl halides is 3. The summed E-state index contributed by atoms with van der Waals surface area (Å²) in [6.45, 7) is 1.12. The van der Waals surface area contributed by atoms with Crippen LogP contribution >= 0.6 is 0 Å². The Hall–Kier alpha value is -2.64. The molecule has 0 aliphatic carbocycles. The Morgan fingerprint density at radius 1 is 1.00 bits per heavy atom. The number of carbonyl (C=O) groups is 1. The largest absolute Gasteiger partial charge is 0.534 e. The van der Waals surface area contributed by atoms with Crippen LogP contribution in [-0.2, 0) is 31.4 Å². The Bertz CT molecular complexity index is 1120. The zero-order chi connectivity index (χ0) is 22.8. The van der Waals surface area contributed by atoms with Crippen molar-refractivity contribution < 1.29 is 44.1 Å². The Balaban J connectivity index is 2.24. The van der Waals surface area contributed by atoms with Gasteiger partial charge in [-0.25, -0.2) is 8.42 Å². The fourth-order valence-electron chi connectivity index (χ4n) is 2.36. The van der Waals surface area contributed by atoms with Crippen LogP contribution in [0.3, 0.4) is 0 Å². The van der Waals surface area contributed by atoms with Crippen LogP contribution in [0, 0.1) is 0 Å². The van der Waals surface area contributed by atoms with Crippen molar-refractivity contribution in [1.82, 2.24) is 4.72 Å². The van der Waals surface area contributed by atoms with Gasteiger partial charge >= 0.3 is 21.6 Å². The first-order valence-corrected chi connectivity index (χ1v) is 11.0. The molecule has 2 N–H and O–H groups in total. The molecule has 0 amide bonds. The summed E-state index contributed by atoms with van der Waals surface area (Å²) >= 11 is 0. The predicted molar refractivity (Wildman–Crippen MR) is 98.6 cm³/mol. The minimum Gasteiger partial charge on any atom is -0.480 e. The molecule has 30 heavy (non-hydrogen) atoms. The summed E-state index contributed by atoms with van der Waals surface area (Å²) in [5.41, 5.74) is -7.41. The second-order valence-electron chi connectivity index (χ2n) is 6.36. The fourth-order valence-corrected chi connectivity index (χ4v) is 4.20. The van der Waals surface area contributed by atoms with E-state index in [1.54, 1.807) is 6.07 Å². The maximum Gasteiger partial charge on any atom is 0.534 e. The first-order valence-electron chi connectivity index (χ1n) is 8.08. The van der Waals surface area contributed by atoms with E-state index in [2.05, 4.69) is 8.91 Å². The lowest BCUT2D eigenvalue weighted by Gasteiger charge is -2.26. The topological polar surface area (TPSA) is 127 Å². The number of carboxylic acids is 1. The maximum absolute atomic E-state index is 12.5. The van der Waals surface area contributed by atoms with E-state index in [-0.39, 0.29) is 16.9 Å². The quantitative estimate of drug-likeness (QED) is 0.450. The highest BCUT2D eigenvalue weighted by Crippen LogP contribution is 2.27. The number of nitrogens with one attached hydrogen (secondary N) is 1. The van der Waals surface area contributed by atoms with Gasteiger partial charge in [-0.1, -0.05) is 30.3 Å². The molecule has 2 rings (SSSR count). The van der Waals surface area contributed by atoms with E-state index in [9.17, 15) is 39.9 Å². The lowest BCUT2D eigenvalue weighted by molar-refractivity contribution is -0.143. The van der Waals surface area contributed by atoms with E-state index in [0.29, 0.717) is 0 Å². The molecule has 13 heteroatoms. The average Bonchev–Trinajstić information content (AvgIpc) is 2.62. The molecule has 2 aromatic carbocycles. The van der Waals surface area contributed by atoms with Crippen LogP contribution in [0.1, 0.15) is 12.5 Å². The highest BCUT2D eigenvalue weighted by atomic mass is 32.2. The molecule has 0 saturated heterocycles. The first-order chi connectivity index (χ1) is 13.7. The highest BCUT2D eigenvalue weighted by molar-refractivity contribution is 7.89. The van der Waals surface area contributed by atoms with Gasteiger partial charge in [0.2, 0.25) is 10.0 Å². The monoisotopic (exact) mass is 467 g/mol. The third-order valence-corrected chi connectivity index (χ3v) is 6.45. The molecular formula is C17H16F3NO7S2. The van der Waals surface area contributed by atoms with Gasteiger partial charge in [-0.15, -0.1) is 0 Å². The van der Waals surface area contributed by atoms with Gasteiger partial charge in [-0.3, -0.25) is 4.79 Å². The van der Waals surface area contributed by atoms with Crippen LogP contribution < -0.4 is 8.91 Å².